The maximum Gasteiger partial charge on any atom is 0.200 e. The zero-order valence-electron chi connectivity index (χ0n) is 8.49. The van der Waals surface area contributed by atoms with Gasteiger partial charge in [-0.25, -0.2) is 0 Å². The molecule has 1 aromatic carbocycles. The predicted octanol–water partition coefficient (Wildman–Crippen LogP) is 1.38. The second kappa shape index (κ2) is 3.59. The quantitative estimate of drug-likeness (QED) is 0.740. The molecule has 0 fully saturated rings. The number of aliphatic hydroxyl groups excluding tert-OH is 1. The van der Waals surface area contributed by atoms with Crippen molar-refractivity contribution in [3.63, 3.8) is 0 Å². The number of carbonyl (C=O) groups is 2. The summed E-state index contributed by atoms with van der Waals surface area (Å²) in [7, 11) is 0. The lowest BCUT2D eigenvalue weighted by Gasteiger charge is -2.00. The maximum atomic E-state index is 11.5. The average molecular weight is 204 g/mol. The Morgan fingerprint density at radius 3 is 2.53 bits per heavy atom. The number of rotatable bonds is 2. The van der Waals surface area contributed by atoms with Gasteiger partial charge in [-0.15, -0.1) is 0 Å². The minimum Gasteiger partial charge on any atom is -0.377 e. The molecule has 0 heterocycles. The lowest BCUT2D eigenvalue weighted by Crippen LogP contribution is -2.20. The first-order valence-electron chi connectivity index (χ1n) is 5.04. The fraction of sp³-hybridized carbons (Fsp3) is 0.333. The highest BCUT2D eigenvalue weighted by atomic mass is 16.3. The lowest BCUT2D eigenvalue weighted by molar-refractivity contribution is 0.0663. The number of carbonyl (C=O) groups excluding carboxylic acids is 2. The minimum absolute atomic E-state index is 0.354. The Kier molecular flexibility index (Phi) is 2.40. The maximum absolute atomic E-state index is 11.5. The number of hydrogen-bond donors (Lipinski definition) is 1. The molecule has 0 saturated heterocycles. The van der Waals surface area contributed by atoms with E-state index in [1.54, 1.807) is 12.1 Å². The molecule has 1 aliphatic rings. The Hall–Kier alpha value is -1.48. The van der Waals surface area contributed by atoms with E-state index in [1.165, 1.54) is 0 Å². The van der Waals surface area contributed by atoms with Crippen LogP contribution in [0, 0.1) is 0 Å². The van der Waals surface area contributed by atoms with E-state index >= 15 is 0 Å². The summed E-state index contributed by atoms with van der Waals surface area (Å²) in [6.07, 6.45) is 0.394. The summed E-state index contributed by atoms with van der Waals surface area (Å²) in [5.74, 6) is -0.939. The van der Waals surface area contributed by atoms with E-state index in [0.717, 1.165) is 18.4 Å². The predicted molar refractivity (Wildman–Crippen MR) is 55.1 cm³/mol. The van der Waals surface area contributed by atoms with Crippen LogP contribution < -0.4 is 0 Å². The van der Waals surface area contributed by atoms with Gasteiger partial charge in [0, 0.05) is 11.1 Å². The van der Waals surface area contributed by atoms with Gasteiger partial charge in [0.05, 0.1) is 0 Å². The van der Waals surface area contributed by atoms with E-state index in [-0.39, 0.29) is 0 Å². The van der Waals surface area contributed by atoms with Crippen molar-refractivity contribution in [2.45, 2.75) is 25.9 Å². The third-order valence-electron chi connectivity index (χ3n) is 2.65. The smallest absolute Gasteiger partial charge is 0.200 e. The van der Waals surface area contributed by atoms with Gasteiger partial charge < -0.3 is 5.11 Å². The number of hydrogen-bond acceptors (Lipinski definition) is 3. The van der Waals surface area contributed by atoms with Crippen molar-refractivity contribution in [3.8, 4) is 0 Å². The third-order valence-corrected chi connectivity index (χ3v) is 2.65. The fourth-order valence-electron chi connectivity index (χ4n) is 1.87. The summed E-state index contributed by atoms with van der Waals surface area (Å²) in [4.78, 5) is 22.9. The summed E-state index contributed by atoms with van der Waals surface area (Å²) in [5.41, 5.74) is 1.76. The van der Waals surface area contributed by atoms with Gasteiger partial charge in [0.15, 0.2) is 17.7 Å². The van der Waals surface area contributed by atoms with Crippen molar-refractivity contribution in [3.05, 3.63) is 34.9 Å². The molecule has 0 amide bonds. The molecular formula is C12H12O3. The number of benzene rings is 1. The molecule has 0 bridgehead atoms. The van der Waals surface area contributed by atoms with E-state index in [9.17, 15) is 14.7 Å². The highest BCUT2D eigenvalue weighted by molar-refractivity contribution is 6.28. The van der Waals surface area contributed by atoms with Crippen molar-refractivity contribution in [1.82, 2.24) is 0 Å². The molecular weight excluding hydrogens is 192 g/mol. The Labute approximate surface area is 87.7 Å². The van der Waals surface area contributed by atoms with Crippen molar-refractivity contribution in [1.29, 1.82) is 0 Å². The number of aliphatic hydroxyl groups is 1. The number of Topliss-reactive ketones (excluding diaryl/α,β-unsaturated/α-hetero) is 2. The zero-order chi connectivity index (χ0) is 11.0. The Balaban J connectivity index is 2.47. The van der Waals surface area contributed by atoms with Crippen LogP contribution in [0.3, 0.4) is 0 Å². The van der Waals surface area contributed by atoms with Gasteiger partial charge >= 0.3 is 0 Å². The monoisotopic (exact) mass is 204 g/mol. The van der Waals surface area contributed by atoms with Crippen LogP contribution >= 0.6 is 0 Å². The molecule has 3 nitrogen and oxygen atoms in total. The van der Waals surface area contributed by atoms with Crippen molar-refractivity contribution in [2.24, 2.45) is 0 Å². The van der Waals surface area contributed by atoms with Crippen LogP contribution in [-0.4, -0.2) is 22.8 Å². The van der Waals surface area contributed by atoms with E-state index in [4.69, 9.17) is 0 Å². The fourth-order valence-corrected chi connectivity index (χ4v) is 1.87. The number of ketones is 2. The van der Waals surface area contributed by atoms with E-state index in [1.807, 2.05) is 6.07 Å². The van der Waals surface area contributed by atoms with Crippen molar-refractivity contribution < 1.29 is 14.7 Å². The molecule has 78 valence electrons. The molecule has 0 radical (unpaired) electrons. The molecule has 1 atom stereocenters. The van der Waals surface area contributed by atoms with Gasteiger partial charge in [-0.05, 0) is 18.1 Å². The minimum atomic E-state index is -1.48. The highest BCUT2D eigenvalue weighted by Crippen LogP contribution is 2.23. The Bertz CT molecular complexity index is 434. The average Bonchev–Trinajstić information content (AvgIpc) is 2.45. The van der Waals surface area contributed by atoms with E-state index in [0.29, 0.717) is 11.1 Å². The Morgan fingerprint density at radius 1 is 1.20 bits per heavy atom. The second-order valence-corrected chi connectivity index (χ2v) is 3.76. The van der Waals surface area contributed by atoms with Crippen LogP contribution in [0.5, 0.6) is 0 Å². The summed E-state index contributed by atoms with van der Waals surface area (Å²) in [5, 5.41) is 9.31. The van der Waals surface area contributed by atoms with Gasteiger partial charge in [-0.1, -0.05) is 25.5 Å². The van der Waals surface area contributed by atoms with Crippen LogP contribution in [0.2, 0.25) is 0 Å². The van der Waals surface area contributed by atoms with Crippen LogP contribution in [0.25, 0.3) is 0 Å². The highest BCUT2D eigenvalue weighted by Gasteiger charge is 2.36. The first kappa shape index (κ1) is 10.1. The molecule has 0 saturated carbocycles. The summed E-state index contributed by atoms with van der Waals surface area (Å²) in [6.45, 7) is 2.05. The zero-order valence-corrected chi connectivity index (χ0v) is 8.49. The largest absolute Gasteiger partial charge is 0.377 e. The standard InChI is InChI=1S/C12H12O3/c1-2-3-7-4-5-8-9(6-7)11(14)12(15)10(8)13/h4-6,12,15H,2-3H2,1H3. The normalized spacial score (nSPS) is 19.5. The molecule has 0 aromatic heterocycles. The molecule has 2 rings (SSSR count). The third kappa shape index (κ3) is 1.49. The molecule has 15 heavy (non-hydrogen) atoms. The van der Waals surface area contributed by atoms with Crippen LogP contribution in [-0.2, 0) is 6.42 Å². The number of aryl methyl sites for hydroxylation is 1. The lowest BCUT2D eigenvalue weighted by atomic mass is 10.0. The van der Waals surface area contributed by atoms with E-state index in [2.05, 4.69) is 6.92 Å². The van der Waals surface area contributed by atoms with Crippen LogP contribution in [0.1, 0.15) is 39.6 Å². The van der Waals surface area contributed by atoms with Crippen molar-refractivity contribution in [2.75, 3.05) is 0 Å². The molecule has 0 aliphatic heterocycles. The first-order valence-corrected chi connectivity index (χ1v) is 5.04. The van der Waals surface area contributed by atoms with Crippen LogP contribution in [0.4, 0.5) is 0 Å². The van der Waals surface area contributed by atoms with Crippen LogP contribution in [0.15, 0.2) is 18.2 Å². The second-order valence-electron chi connectivity index (χ2n) is 3.76. The first-order chi connectivity index (χ1) is 7.15. The molecule has 1 N–H and O–H groups in total. The van der Waals surface area contributed by atoms with Gasteiger partial charge in [0.1, 0.15) is 0 Å². The van der Waals surface area contributed by atoms with Gasteiger partial charge in [0.2, 0.25) is 0 Å². The number of fused-ring (bicyclic) bond motifs is 1. The molecule has 3 heteroatoms. The summed E-state index contributed by atoms with van der Waals surface area (Å²) in [6, 6.07) is 5.19. The van der Waals surface area contributed by atoms with Gasteiger partial charge in [0.25, 0.3) is 0 Å². The van der Waals surface area contributed by atoms with Gasteiger partial charge in [-0.2, -0.15) is 0 Å². The molecule has 1 aromatic rings. The van der Waals surface area contributed by atoms with Crippen molar-refractivity contribution >= 4 is 11.6 Å². The van der Waals surface area contributed by atoms with Gasteiger partial charge in [-0.3, -0.25) is 9.59 Å². The Morgan fingerprint density at radius 2 is 1.87 bits per heavy atom. The molecule has 1 aliphatic carbocycles. The topological polar surface area (TPSA) is 54.4 Å². The van der Waals surface area contributed by atoms with E-state index < -0.39 is 17.7 Å². The summed E-state index contributed by atoms with van der Waals surface area (Å²) >= 11 is 0. The summed E-state index contributed by atoms with van der Waals surface area (Å²) < 4.78 is 0. The SMILES string of the molecule is CCCc1ccc2c(c1)C(=O)C(O)C2=O. The molecule has 0 spiro atoms. The molecule has 1 unspecified atom stereocenters.